The Bertz CT molecular complexity index is 1060. The van der Waals surface area contributed by atoms with Gasteiger partial charge in [0.05, 0.1) is 11.6 Å². The van der Waals surface area contributed by atoms with Crippen LogP contribution in [0.2, 0.25) is 0 Å². The molecule has 2 aromatic rings. The first-order valence-corrected chi connectivity index (χ1v) is 8.44. The molecule has 1 aliphatic heterocycles. The van der Waals surface area contributed by atoms with E-state index >= 15 is 0 Å². The van der Waals surface area contributed by atoms with Gasteiger partial charge in [-0.15, -0.1) is 4.91 Å². The third-order valence-electron chi connectivity index (χ3n) is 4.64. The summed E-state index contributed by atoms with van der Waals surface area (Å²) in [6, 6.07) is 12.7. The Balaban J connectivity index is 1.68. The maximum absolute atomic E-state index is 11.9. The number of hydrogen-bond acceptors (Lipinski definition) is 5. The van der Waals surface area contributed by atoms with Gasteiger partial charge in [0.1, 0.15) is 11.9 Å². The Kier molecular flexibility index (Phi) is 3.98. The van der Waals surface area contributed by atoms with Crippen LogP contribution in [-0.2, 0) is 4.79 Å². The minimum atomic E-state index is -0.223. The highest BCUT2D eigenvalue weighted by molar-refractivity contribution is 5.82. The van der Waals surface area contributed by atoms with Crippen LogP contribution < -0.4 is 21.1 Å². The van der Waals surface area contributed by atoms with Crippen LogP contribution in [0, 0.1) is 22.2 Å². The lowest BCUT2D eigenvalue weighted by atomic mass is 9.98. The molecule has 1 amide bonds. The van der Waals surface area contributed by atoms with E-state index in [1.54, 1.807) is 12.1 Å². The number of nitroso groups, excluding NO2 is 1. The lowest BCUT2D eigenvalue weighted by molar-refractivity contribution is -0.122. The number of nitrogens with zero attached hydrogens (tertiary/aromatic N) is 2. The molecule has 128 valence electrons. The molecule has 6 nitrogen and oxygen atoms in total. The van der Waals surface area contributed by atoms with Crippen LogP contribution in [0.1, 0.15) is 18.4 Å². The van der Waals surface area contributed by atoms with Gasteiger partial charge in [0.25, 0.3) is 0 Å². The van der Waals surface area contributed by atoms with E-state index in [0.717, 1.165) is 28.8 Å². The molecule has 1 saturated carbocycles. The van der Waals surface area contributed by atoms with Crippen LogP contribution in [0.5, 0.6) is 0 Å². The van der Waals surface area contributed by atoms with Gasteiger partial charge in [0.2, 0.25) is 5.91 Å². The van der Waals surface area contributed by atoms with E-state index in [1.807, 2.05) is 30.5 Å². The molecule has 1 unspecified atom stereocenters. The highest BCUT2D eigenvalue weighted by atomic mass is 16.3. The molecule has 26 heavy (non-hydrogen) atoms. The Morgan fingerprint density at radius 1 is 1.19 bits per heavy atom. The van der Waals surface area contributed by atoms with E-state index in [0.29, 0.717) is 11.1 Å². The molecule has 0 saturated heterocycles. The van der Waals surface area contributed by atoms with E-state index in [4.69, 9.17) is 0 Å². The zero-order chi connectivity index (χ0) is 18.1. The van der Waals surface area contributed by atoms with Crippen molar-refractivity contribution in [3.8, 4) is 17.2 Å². The normalized spacial score (nSPS) is 17.6. The quantitative estimate of drug-likeness (QED) is 0.824. The van der Waals surface area contributed by atoms with Crippen LogP contribution in [0.3, 0.4) is 0 Å². The molecule has 2 aromatic carbocycles. The van der Waals surface area contributed by atoms with Crippen molar-refractivity contribution in [2.24, 2.45) is 11.1 Å². The van der Waals surface area contributed by atoms with Gasteiger partial charge in [-0.3, -0.25) is 4.79 Å². The van der Waals surface area contributed by atoms with E-state index < -0.39 is 0 Å². The Labute approximate surface area is 149 Å². The molecule has 2 N–H and O–H groups in total. The number of rotatable bonds is 4. The van der Waals surface area contributed by atoms with Crippen molar-refractivity contribution in [3.05, 3.63) is 57.3 Å². The lowest BCUT2D eigenvalue weighted by Crippen LogP contribution is -2.48. The minimum Gasteiger partial charge on any atom is -0.368 e. The maximum Gasteiger partial charge on any atom is 0.224 e. The third-order valence-corrected chi connectivity index (χ3v) is 4.64. The molecule has 2 aliphatic rings. The molecule has 0 radical (unpaired) electrons. The fourth-order valence-corrected chi connectivity index (χ4v) is 3.05. The predicted octanol–water partition coefficient (Wildman–Crippen LogP) is 1.60. The van der Waals surface area contributed by atoms with E-state index in [1.165, 1.54) is 6.07 Å². The molecule has 4 rings (SSSR count). The summed E-state index contributed by atoms with van der Waals surface area (Å²) in [6.45, 7) is 0. The average Bonchev–Trinajstić information content (AvgIpc) is 3.52. The average molecular weight is 344 g/mol. The first-order valence-electron chi connectivity index (χ1n) is 8.44. The smallest absolute Gasteiger partial charge is 0.224 e. The van der Waals surface area contributed by atoms with Crippen LogP contribution in [0.15, 0.2) is 41.6 Å². The summed E-state index contributed by atoms with van der Waals surface area (Å²) < 4.78 is 0. The second-order valence-corrected chi connectivity index (χ2v) is 6.51. The predicted molar refractivity (Wildman–Crippen MR) is 98.0 cm³/mol. The summed E-state index contributed by atoms with van der Waals surface area (Å²) in [5, 5.41) is 20.4. The SMILES string of the molecule is N#Cc1ccc(N=O)cc1-c1ccc2c(c1)=CNC(NC(=O)C1CC1)C=2. The molecule has 1 heterocycles. The zero-order valence-corrected chi connectivity index (χ0v) is 13.9. The second-order valence-electron chi connectivity index (χ2n) is 6.51. The fraction of sp³-hybridized carbons (Fsp3) is 0.200. The van der Waals surface area contributed by atoms with Gasteiger partial charge >= 0.3 is 0 Å². The number of nitriles is 1. The number of hydrogen-bond donors (Lipinski definition) is 2. The molecule has 0 aromatic heterocycles. The van der Waals surface area contributed by atoms with Gasteiger partial charge in [-0.2, -0.15) is 5.26 Å². The number of carbonyl (C=O) groups excluding carboxylic acids is 1. The third kappa shape index (κ3) is 3.07. The second kappa shape index (κ2) is 6.45. The summed E-state index contributed by atoms with van der Waals surface area (Å²) in [4.78, 5) is 22.7. The van der Waals surface area contributed by atoms with Crippen molar-refractivity contribution in [2.45, 2.75) is 19.0 Å². The minimum absolute atomic E-state index is 0.0871. The molecule has 0 spiro atoms. The fourth-order valence-electron chi connectivity index (χ4n) is 3.05. The Morgan fingerprint density at radius 2 is 2.04 bits per heavy atom. The summed E-state index contributed by atoms with van der Waals surface area (Å²) in [6.07, 6.45) is 5.54. The van der Waals surface area contributed by atoms with Crippen LogP contribution in [0.25, 0.3) is 23.4 Å². The molecule has 6 heteroatoms. The number of nitrogens with one attached hydrogen (secondary N) is 2. The van der Waals surface area contributed by atoms with Crippen molar-refractivity contribution in [1.29, 1.82) is 5.26 Å². The molecular formula is C20H16N4O2. The van der Waals surface area contributed by atoms with Crippen LogP contribution in [0.4, 0.5) is 5.69 Å². The molecule has 0 bridgehead atoms. The molecule has 1 fully saturated rings. The van der Waals surface area contributed by atoms with Crippen molar-refractivity contribution in [3.63, 3.8) is 0 Å². The number of carbonyl (C=O) groups is 1. The van der Waals surface area contributed by atoms with E-state index in [-0.39, 0.29) is 23.7 Å². The number of benzene rings is 2. The topological polar surface area (TPSA) is 94.3 Å². The van der Waals surface area contributed by atoms with Gasteiger partial charge in [-0.05, 0) is 64.4 Å². The summed E-state index contributed by atoms with van der Waals surface area (Å²) in [5.74, 6) is 0.251. The van der Waals surface area contributed by atoms with Crippen molar-refractivity contribution >= 4 is 23.9 Å². The van der Waals surface area contributed by atoms with E-state index in [9.17, 15) is 15.0 Å². The van der Waals surface area contributed by atoms with Gasteiger partial charge < -0.3 is 10.6 Å². The summed E-state index contributed by atoms with van der Waals surface area (Å²) in [7, 11) is 0. The van der Waals surface area contributed by atoms with Gasteiger partial charge in [-0.1, -0.05) is 12.1 Å². The van der Waals surface area contributed by atoms with Crippen molar-refractivity contribution in [1.82, 2.24) is 10.6 Å². The summed E-state index contributed by atoms with van der Waals surface area (Å²) in [5.41, 5.74) is 2.27. The zero-order valence-electron chi connectivity index (χ0n) is 13.9. The summed E-state index contributed by atoms with van der Waals surface area (Å²) >= 11 is 0. The number of fused-ring (bicyclic) bond motifs is 1. The molecule has 1 atom stereocenters. The highest BCUT2D eigenvalue weighted by Crippen LogP contribution is 2.29. The van der Waals surface area contributed by atoms with Gasteiger partial charge in [-0.25, -0.2) is 0 Å². The van der Waals surface area contributed by atoms with Crippen LogP contribution >= 0.6 is 0 Å². The Hall–Kier alpha value is -3.46. The monoisotopic (exact) mass is 344 g/mol. The largest absolute Gasteiger partial charge is 0.368 e. The first-order chi connectivity index (χ1) is 12.7. The lowest BCUT2D eigenvalue weighted by Gasteiger charge is -2.18. The van der Waals surface area contributed by atoms with Gasteiger partial charge in [0, 0.05) is 17.7 Å². The molecule has 1 aliphatic carbocycles. The van der Waals surface area contributed by atoms with Crippen molar-refractivity contribution < 1.29 is 4.79 Å². The van der Waals surface area contributed by atoms with E-state index in [2.05, 4.69) is 21.9 Å². The van der Waals surface area contributed by atoms with Crippen LogP contribution in [-0.4, -0.2) is 12.1 Å². The Morgan fingerprint density at radius 3 is 2.77 bits per heavy atom. The van der Waals surface area contributed by atoms with Crippen molar-refractivity contribution in [2.75, 3.05) is 0 Å². The number of amides is 1. The maximum atomic E-state index is 11.9. The molecular weight excluding hydrogens is 328 g/mol. The first kappa shape index (κ1) is 16.0. The standard InChI is InChI=1S/C20H16N4O2/c21-10-15-5-6-17(24-26)9-18(15)14-4-3-13-8-19(22-11-16(13)7-14)23-20(25)12-1-2-12/h3-9,11-12,19,22H,1-2H2,(H,23,25). The highest BCUT2D eigenvalue weighted by Gasteiger charge is 2.30. The van der Waals surface area contributed by atoms with Gasteiger partial charge in [0.15, 0.2) is 0 Å².